The highest BCUT2D eigenvalue weighted by molar-refractivity contribution is 7.17. The Kier molecular flexibility index (Phi) is 13.9. The Morgan fingerprint density at radius 1 is 0.817 bits per heavy atom. The van der Waals surface area contributed by atoms with Gasteiger partial charge in [-0.15, -0.1) is 11.3 Å². The zero-order valence-electron chi connectivity index (χ0n) is 33.9. The number of carboxylic acids is 1. The number of hydrogen-bond acceptors (Lipinski definition) is 8. The molecule has 0 saturated carbocycles. The van der Waals surface area contributed by atoms with Crippen molar-refractivity contribution >= 4 is 45.8 Å². The molecule has 1 aromatic heterocycles. The fourth-order valence-electron chi connectivity index (χ4n) is 8.63. The van der Waals surface area contributed by atoms with Gasteiger partial charge < -0.3 is 35.0 Å². The van der Waals surface area contributed by atoms with Gasteiger partial charge in [-0.05, 0) is 104 Å². The van der Waals surface area contributed by atoms with Crippen LogP contribution in [0.3, 0.4) is 0 Å². The van der Waals surface area contributed by atoms with Crippen molar-refractivity contribution in [2.24, 2.45) is 0 Å². The van der Waals surface area contributed by atoms with E-state index in [-0.39, 0.29) is 53.7 Å². The predicted octanol–water partition coefficient (Wildman–Crippen LogP) is 7.26. The van der Waals surface area contributed by atoms with Crippen molar-refractivity contribution in [3.63, 3.8) is 0 Å². The molecule has 4 aromatic rings. The quantitative estimate of drug-likeness (QED) is 0.107. The summed E-state index contributed by atoms with van der Waals surface area (Å²) in [7, 11) is 3.25. The van der Waals surface area contributed by atoms with E-state index >= 15 is 8.78 Å². The van der Waals surface area contributed by atoms with Gasteiger partial charge in [-0.25, -0.2) is 18.4 Å². The lowest BCUT2D eigenvalue weighted by atomic mass is 9.95. The van der Waals surface area contributed by atoms with Crippen molar-refractivity contribution in [2.75, 3.05) is 64.2 Å². The first kappa shape index (κ1) is 42.9. The van der Waals surface area contributed by atoms with Crippen molar-refractivity contribution in [3.05, 3.63) is 116 Å². The van der Waals surface area contributed by atoms with Gasteiger partial charge in [-0.1, -0.05) is 24.3 Å². The summed E-state index contributed by atoms with van der Waals surface area (Å²) in [4.78, 5) is 59.8. The number of anilines is 2. The largest absolute Gasteiger partial charge is 0.478 e. The number of nitrogens with one attached hydrogen (secondary N) is 2. The second-order valence-corrected chi connectivity index (χ2v) is 16.8. The van der Waals surface area contributed by atoms with E-state index in [1.807, 2.05) is 28.0 Å². The average Bonchev–Trinajstić information content (AvgIpc) is 3.73. The van der Waals surface area contributed by atoms with Crippen LogP contribution < -0.4 is 10.6 Å². The highest BCUT2D eigenvalue weighted by atomic mass is 32.1. The predicted molar refractivity (Wildman–Crippen MR) is 225 cm³/mol. The highest BCUT2D eigenvalue weighted by Gasteiger charge is 2.44. The minimum atomic E-state index is -1.06. The lowest BCUT2D eigenvalue weighted by Crippen LogP contribution is -2.59. The van der Waals surface area contributed by atoms with E-state index in [2.05, 4.69) is 15.5 Å². The number of carbonyl (C=O) groups excluding carboxylic acids is 3. The van der Waals surface area contributed by atoms with Crippen LogP contribution in [-0.2, 0) is 41.7 Å². The molecule has 0 radical (unpaired) electrons. The van der Waals surface area contributed by atoms with Gasteiger partial charge in [0.25, 0.3) is 11.8 Å². The molecule has 2 atom stereocenters. The van der Waals surface area contributed by atoms with Crippen molar-refractivity contribution in [1.82, 2.24) is 14.7 Å². The molecular formula is C45H51F2N5O7S. The van der Waals surface area contributed by atoms with Crippen molar-refractivity contribution in [3.8, 4) is 0 Å². The summed E-state index contributed by atoms with van der Waals surface area (Å²) in [5.74, 6) is -3.60. The molecule has 1 aliphatic carbocycles. The molecule has 15 heteroatoms. The van der Waals surface area contributed by atoms with Crippen LogP contribution in [0, 0.1) is 11.6 Å². The summed E-state index contributed by atoms with van der Waals surface area (Å²) in [5.41, 5.74) is 3.21. The number of urea groups is 1. The maximum absolute atomic E-state index is 15.3. The summed E-state index contributed by atoms with van der Waals surface area (Å²) in [6.07, 6.45) is 5.43. The minimum Gasteiger partial charge on any atom is -0.478 e. The number of amides is 4. The summed E-state index contributed by atoms with van der Waals surface area (Å²) >= 11 is 1.36. The average molecular weight is 844 g/mol. The number of carbonyl (C=O) groups is 4. The summed E-state index contributed by atoms with van der Waals surface area (Å²) in [5, 5.41) is 15.2. The van der Waals surface area contributed by atoms with Crippen LogP contribution in [0.1, 0.15) is 83.9 Å². The Bertz CT molecular complexity index is 2170. The normalized spacial score (nSPS) is 17.3. The lowest BCUT2D eigenvalue weighted by molar-refractivity contribution is 0.0539. The fourth-order valence-corrected chi connectivity index (χ4v) is 9.91. The SMILES string of the molecule is COCCN(CCOC)C(=O)N1C2CCC1CN(Cc1cccc(C(=O)Nc3sc4c(c3C(=O)Nc3cc(F)c(CCc5ccc(C(=O)O)cc5)c(F)c3)CCCC4)c1)C2. The molecule has 3 aromatic carbocycles. The van der Waals surface area contributed by atoms with Gasteiger partial charge in [-0.2, -0.15) is 0 Å². The number of hydrogen-bond donors (Lipinski definition) is 3. The molecule has 2 aliphatic heterocycles. The molecule has 2 unspecified atom stereocenters. The number of fused-ring (bicyclic) bond motifs is 3. The number of thiophene rings is 1. The molecule has 3 heterocycles. The zero-order chi connectivity index (χ0) is 42.3. The first-order chi connectivity index (χ1) is 29.0. The van der Waals surface area contributed by atoms with E-state index in [4.69, 9.17) is 14.6 Å². The zero-order valence-corrected chi connectivity index (χ0v) is 34.8. The molecule has 2 bridgehead atoms. The molecule has 2 fully saturated rings. The number of methoxy groups -OCH3 is 2. The molecule has 318 valence electrons. The van der Waals surface area contributed by atoms with Crippen LogP contribution in [0.4, 0.5) is 24.3 Å². The second kappa shape index (κ2) is 19.4. The number of halogens is 2. The molecule has 12 nitrogen and oxygen atoms in total. The topological polar surface area (TPSA) is 141 Å². The number of rotatable bonds is 16. The van der Waals surface area contributed by atoms with Crippen LogP contribution in [0.25, 0.3) is 0 Å². The first-order valence-electron chi connectivity index (χ1n) is 20.5. The molecule has 60 heavy (non-hydrogen) atoms. The van der Waals surface area contributed by atoms with Crippen LogP contribution in [-0.4, -0.2) is 109 Å². The number of aryl methyl sites for hydroxylation is 2. The molecule has 3 aliphatic rings. The van der Waals surface area contributed by atoms with E-state index in [1.54, 1.807) is 32.4 Å². The van der Waals surface area contributed by atoms with Gasteiger partial charge in [0.2, 0.25) is 0 Å². The summed E-state index contributed by atoms with van der Waals surface area (Å²) in [6.45, 7) is 3.96. The standard InChI is InChI=1S/C45H51F2N5O7S/c1-58-20-18-51(19-21-59-2)45(57)52-33-15-16-34(52)27-50(26-33)25-29-6-5-7-31(22-29)41(53)49-43-40(36-8-3-4-9-39(36)60-43)42(54)48-32-23-37(46)35(38(47)24-32)17-12-28-10-13-30(14-11-28)44(55)56/h5-7,10-11,13-14,22-24,33-34H,3-4,8-9,12,15-21,25-27H2,1-2H3,(H,48,54)(H,49,53)(H,55,56). The Morgan fingerprint density at radius 2 is 1.48 bits per heavy atom. The molecular weight excluding hydrogens is 793 g/mol. The molecule has 2 saturated heterocycles. The number of ether oxygens (including phenoxy) is 2. The van der Waals surface area contributed by atoms with Crippen LogP contribution >= 0.6 is 11.3 Å². The Labute approximate surface area is 352 Å². The van der Waals surface area contributed by atoms with E-state index in [0.717, 1.165) is 78.9 Å². The third-order valence-electron chi connectivity index (χ3n) is 11.7. The minimum absolute atomic E-state index is 0.0197. The van der Waals surface area contributed by atoms with Gasteiger partial charge >= 0.3 is 12.0 Å². The smallest absolute Gasteiger partial charge is 0.335 e. The van der Waals surface area contributed by atoms with Gasteiger partial charge in [0.15, 0.2) is 0 Å². The van der Waals surface area contributed by atoms with E-state index in [9.17, 15) is 19.2 Å². The number of aromatic carboxylic acids is 1. The maximum Gasteiger partial charge on any atom is 0.335 e. The van der Waals surface area contributed by atoms with Crippen molar-refractivity contribution in [2.45, 2.75) is 70.0 Å². The fraction of sp³-hybridized carbons (Fsp3) is 0.422. The van der Waals surface area contributed by atoms with Crippen LogP contribution in [0.2, 0.25) is 0 Å². The third-order valence-corrected chi connectivity index (χ3v) is 12.9. The number of nitrogens with zero attached hydrogens (tertiary/aromatic N) is 3. The number of piperazine rings is 1. The molecule has 0 spiro atoms. The van der Waals surface area contributed by atoms with Gasteiger partial charge in [-0.3, -0.25) is 14.5 Å². The van der Waals surface area contributed by atoms with Crippen LogP contribution in [0.5, 0.6) is 0 Å². The maximum atomic E-state index is 15.3. The first-order valence-corrected chi connectivity index (χ1v) is 21.3. The third kappa shape index (κ3) is 9.86. The Balaban J connectivity index is 1.00. The number of likely N-dealkylation sites (tertiary alicyclic amines) is 1. The number of carboxylic acid groups (broad SMARTS) is 1. The van der Waals surface area contributed by atoms with Crippen LogP contribution in [0.15, 0.2) is 60.7 Å². The summed E-state index contributed by atoms with van der Waals surface area (Å²) in [6, 6.07) is 15.9. The van der Waals surface area contributed by atoms with E-state index in [1.165, 1.54) is 23.5 Å². The Morgan fingerprint density at radius 3 is 2.13 bits per heavy atom. The van der Waals surface area contributed by atoms with Gasteiger partial charge in [0.1, 0.15) is 16.6 Å². The van der Waals surface area contributed by atoms with E-state index in [0.29, 0.717) is 55.4 Å². The second-order valence-electron chi connectivity index (χ2n) is 15.7. The highest BCUT2D eigenvalue weighted by Crippen LogP contribution is 2.39. The number of benzene rings is 3. The molecule has 4 amide bonds. The lowest BCUT2D eigenvalue weighted by Gasteiger charge is -2.43. The van der Waals surface area contributed by atoms with E-state index < -0.39 is 23.5 Å². The monoisotopic (exact) mass is 843 g/mol. The van der Waals surface area contributed by atoms with Gasteiger partial charge in [0, 0.05) is 80.7 Å². The van der Waals surface area contributed by atoms with Crippen molar-refractivity contribution in [1.29, 1.82) is 0 Å². The molecule has 3 N–H and O–H groups in total. The molecule has 7 rings (SSSR count). The van der Waals surface area contributed by atoms with Gasteiger partial charge in [0.05, 0.1) is 24.3 Å². The Hall–Kier alpha value is -5.22. The summed E-state index contributed by atoms with van der Waals surface area (Å²) < 4.78 is 41.1. The van der Waals surface area contributed by atoms with Crippen molar-refractivity contribution < 1.29 is 42.5 Å².